The van der Waals surface area contributed by atoms with Gasteiger partial charge in [-0.3, -0.25) is 0 Å². The Morgan fingerprint density at radius 2 is 2.25 bits per heavy atom. The first-order valence-electron chi connectivity index (χ1n) is 6.09. The van der Waals surface area contributed by atoms with Crippen LogP contribution in [0.2, 0.25) is 0 Å². The first-order chi connectivity index (χ1) is 9.54. The monoisotopic (exact) mass is 277 g/mol. The quantitative estimate of drug-likeness (QED) is 0.834. The predicted molar refractivity (Wildman–Crippen MR) is 70.8 cm³/mol. The maximum Gasteiger partial charge on any atom is 0.371 e. The molecule has 0 aliphatic rings. The van der Waals surface area contributed by atoms with E-state index in [0.29, 0.717) is 24.0 Å². The van der Waals surface area contributed by atoms with E-state index in [9.17, 15) is 4.79 Å². The lowest BCUT2D eigenvalue weighted by Gasteiger charge is -2.09. The highest BCUT2D eigenvalue weighted by molar-refractivity contribution is 5.84. The number of carbonyl (C=O) groups is 1. The molecule has 0 spiro atoms. The van der Waals surface area contributed by atoms with Crippen LogP contribution in [0.15, 0.2) is 28.9 Å². The van der Waals surface area contributed by atoms with Crippen LogP contribution in [0.5, 0.6) is 5.88 Å². The SMILES string of the molecule is CC(C)Oc1cc(NCc2ccc(C(=O)O)o2)ncn1. The van der Waals surface area contributed by atoms with Crippen LogP contribution in [0, 0.1) is 0 Å². The first-order valence-corrected chi connectivity index (χ1v) is 6.09. The predicted octanol–water partition coefficient (Wildman–Crippen LogP) is 2.17. The molecule has 0 atom stereocenters. The first kappa shape index (κ1) is 13.9. The van der Waals surface area contributed by atoms with Crippen LogP contribution in [-0.4, -0.2) is 27.1 Å². The summed E-state index contributed by atoms with van der Waals surface area (Å²) in [4.78, 5) is 18.7. The van der Waals surface area contributed by atoms with Gasteiger partial charge in [0, 0.05) is 6.07 Å². The molecule has 0 aliphatic heterocycles. The zero-order valence-corrected chi connectivity index (χ0v) is 11.2. The van der Waals surface area contributed by atoms with E-state index in [1.54, 1.807) is 12.1 Å². The van der Waals surface area contributed by atoms with E-state index in [1.807, 2.05) is 13.8 Å². The maximum atomic E-state index is 10.7. The van der Waals surface area contributed by atoms with Gasteiger partial charge in [-0.15, -0.1) is 0 Å². The Balaban J connectivity index is 1.97. The Morgan fingerprint density at radius 1 is 1.45 bits per heavy atom. The molecule has 2 heterocycles. The van der Waals surface area contributed by atoms with E-state index in [4.69, 9.17) is 14.3 Å². The summed E-state index contributed by atoms with van der Waals surface area (Å²) in [5.74, 6) is 0.374. The number of carboxylic acids is 1. The highest BCUT2D eigenvalue weighted by atomic mass is 16.5. The third kappa shape index (κ3) is 3.71. The molecule has 2 rings (SSSR count). The van der Waals surface area contributed by atoms with Crippen molar-refractivity contribution in [1.29, 1.82) is 0 Å². The van der Waals surface area contributed by atoms with E-state index >= 15 is 0 Å². The summed E-state index contributed by atoms with van der Waals surface area (Å²) in [6.07, 6.45) is 1.42. The van der Waals surface area contributed by atoms with E-state index in [0.717, 1.165) is 0 Å². The van der Waals surface area contributed by atoms with Crippen molar-refractivity contribution in [3.8, 4) is 5.88 Å². The highest BCUT2D eigenvalue weighted by Crippen LogP contribution is 2.14. The molecule has 0 fully saturated rings. The van der Waals surface area contributed by atoms with Gasteiger partial charge in [-0.1, -0.05) is 0 Å². The lowest BCUT2D eigenvalue weighted by molar-refractivity contribution is 0.0660. The largest absolute Gasteiger partial charge is 0.475 e. The normalized spacial score (nSPS) is 10.6. The van der Waals surface area contributed by atoms with Crippen LogP contribution < -0.4 is 10.1 Å². The number of anilines is 1. The van der Waals surface area contributed by atoms with Gasteiger partial charge >= 0.3 is 5.97 Å². The minimum Gasteiger partial charge on any atom is -0.475 e. The van der Waals surface area contributed by atoms with Crippen molar-refractivity contribution in [2.75, 3.05) is 5.32 Å². The Kier molecular flexibility index (Phi) is 4.19. The van der Waals surface area contributed by atoms with Gasteiger partial charge < -0.3 is 19.6 Å². The van der Waals surface area contributed by atoms with Crippen molar-refractivity contribution in [3.63, 3.8) is 0 Å². The minimum absolute atomic E-state index is 0.0287. The molecule has 2 N–H and O–H groups in total. The molecule has 0 radical (unpaired) electrons. The van der Waals surface area contributed by atoms with Gasteiger partial charge in [0.15, 0.2) is 0 Å². The van der Waals surface area contributed by atoms with Crippen LogP contribution in [0.25, 0.3) is 0 Å². The fourth-order valence-electron chi connectivity index (χ4n) is 1.51. The van der Waals surface area contributed by atoms with E-state index in [2.05, 4.69) is 15.3 Å². The Bertz CT molecular complexity index is 595. The lowest BCUT2D eigenvalue weighted by atomic mass is 10.4. The van der Waals surface area contributed by atoms with E-state index in [1.165, 1.54) is 12.4 Å². The molecule has 0 saturated carbocycles. The summed E-state index contributed by atoms with van der Waals surface area (Å²) in [5.41, 5.74) is 0. The summed E-state index contributed by atoms with van der Waals surface area (Å²) in [6.45, 7) is 4.14. The van der Waals surface area contributed by atoms with Crippen LogP contribution >= 0.6 is 0 Å². The van der Waals surface area contributed by atoms with Crippen LogP contribution in [0.1, 0.15) is 30.2 Å². The van der Waals surface area contributed by atoms with Crippen LogP contribution in [0.3, 0.4) is 0 Å². The summed E-state index contributed by atoms with van der Waals surface area (Å²) in [6, 6.07) is 4.68. The van der Waals surface area contributed by atoms with Crippen molar-refractivity contribution >= 4 is 11.8 Å². The zero-order chi connectivity index (χ0) is 14.5. The van der Waals surface area contributed by atoms with Gasteiger partial charge in [-0.25, -0.2) is 14.8 Å². The molecule has 20 heavy (non-hydrogen) atoms. The molecule has 0 unspecified atom stereocenters. The molecule has 0 aromatic carbocycles. The van der Waals surface area contributed by atoms with Gasteiger partial charge in [0.25, 0.3) is 0 Å². The molecular formula is C13H15N3O4. The average Bonchev–Trinajstić information content (AvgIpc) is 2.85. The van der Waals surface area contributed by atoms with E-state index in [-0.39, 0.29) is 11.9 Å². The van der Waals surface area contributed by atoms with Gasteiger partial charge in [-0.05, 0) is 26.0 Å². The van der Waals surface area contributed by atoms with Crippen molar-refractivity contribution in [2.45, 2.75) is 26.5 Å². The molecular weight excluding hydrogens is 262 g/mol. The number of hydrogen-bond donors (Lipinski definition) is 2. The maximum absolute atomic E-state index is 10.7. The second-order valence-corrected chi connectivity index (χ2v) is 4.33. The van der Waals surface area contributed by atoms with Crippen molar-refractivity contribution < 1.29 is 19.1 Å². The molecule has 2 aromatic heterocycles. The highest BCUT2D eigenvalue weighted by Gasteiger charge is 2.09. The summed E-state index contributed by atoms with van der Waals surface area (Å²) >= 11 is 0. The topological polar surface area (TPSA) is 97.5 Å². The second-order valence-electron chi connectivity index (χ2n) is 4.33. The lowest BCUT2D eigenvalue weighted by Crippen LogP contribution is -2.08. The van der Waals surface area contributed by atoms with E-state index < -0.39 is 5.97 Å². The third-order valence-electron chi connectivity index (χ3n) is 2.31. The zero-order valence-electron chi connectivity index (χ0n) is 11.2. The second kappa shape index (κ2) is 6.05. The van der Waals surface area contributed by atoms with Gasteiger partial charge in [0.1, 0.15) is 17.9 Å². The Morgan fingerprint density at radius 3 is 2.90 bits per heavy atom. The number of aromatic nitrogens is 2. The third-order valence-corrected chi connectivity index (χ3v) is 2.31. The molecule has 0 aliphatic carbocycles. The van der Waals surface area contributed by atoms with Gasteiger partial charge in [-0.2, -0.15) is 0 Å². The number of carboxylic acid groups (broad SMARTS) is 1. The van der Waals surface area contributed by atoms with Crippen molar-refractivity contribution in [3.05, 3.63) is 36.0 Å². The van der Waals surface area contributed by atoms with Crippen molar-refractivity contribution in [2.24, 2.45) is 0 Å². The summed E-state index contributed by atoms with van der Waals surface area (Å²) < 4.78 is 10.6. The van der Waals surface area contributed by atoms with Crippen LogP contribution in [0.4, 0.5) is 5.82 Å². The Hall–Kier alpha value is -2.57. The minimum atomic E-state index is -1.09. The molecule has 0 bridgehead atoms. The molecule has 0 saturated heterocycles. The number of rotatable bonds is 6. The van der Waals surface area contributed by atoms with Crippen molar-refractivity contribution in [1.82, 2.24) is 9.97 Å². The number of furan rings is 1. The number of aromatic carboxylic acids is 1. The standard InChI is InChI=1S/C13H15N3O4/c1-8(2)19-12-5-11(15-7-16-12)14-6-9-3-4-10(20-9)13(17)18/h3-5,7-8H,6H2,1-2H3,(H,17,18)(H,14,15,16). The molecule has 7 heteroatoms. The number of ether oxygens (including phenoxy) is 1. The number of nitrogens with one attached hydrogen (secondary N) is 1. The van der Waals surface area contributed by atoms with Gasteiger partial charge in [0.2, 0.25) is 11.6 Å². The fourth-order valence-corrected chi connectivity index (χ4v) is 1.51. The molecule has 106 valence electrons. The average molecular weight is 277 g/mol. The smallest absolute Gasteiger partial charge is 0.371 e. The number of nitrogens with zero attached hydrogens (tertiary/aromatic N) is 2. The molecule has 7 nitrogen and oxygen atoms in total. The number of hydrogen-bond acceptors (Lipinski definition) is 6. The summed E-state index contributed by atoms with van der Waals surface area (Å²) in [7, 11) is 0. The molecule has 2 aromatic rings. The van der Waals surface area contributed by atoms with Gasteiger partial charge in [0.05, 0.1) is 12.6 Å². The molecule has 0 amide bonds. The Labute approximate surface area is 115 Å². The fraction of sp³-hybridized carbons (Fsp3) is 0.308. The van der Waals surface area contributed by atoms with Crippen LogP contribution in [-0.2, 0) is 6.54 Å². The summed E-state index contributed by atoms with van der Waals surface area (Å²) in [5, 5.41) is 11.8.